The second-order valence-electron chi connectivity index (χ2n) is 5.30. The molecule has 0 fully saturated rings. The molecule has 0 saturated carbocycles. The summed E-state index contributed by atoms with van der Waals surface area (Å²) in [4.78, 5) is 4.64. The van der Waals surface area contributed by atoms with Gasteiger partial charge in [0.2, 0.25) is 0 Å². The lowest BCUT2D eigenvalue weighted by Gasteiger charge is -2.13. The van der Waals surface area contributed by atoms with Crippen molar-refractivity contribution in [2.24, 2.45) is 4.99 Å². The van der Waals surface area contributed by atoms with Crippen LogP contribution in [0.3, 0.4) is 0 Å². The molecule has 2 aromatic rings. The number of methoxy groups -OCH3 is 2. The molecule has 0 saturated heterocycles. The molecule has 144 valence electrons. The number of nitrogens with one attached hydrogen (secondary N) is 2. The van der Waals surface area contributed by atoms with E-state index in [1.165, 1.54) is 0 Å². The first kappa shape index (κ1) is 22.8. The summed E-state index contributed by atoms with van der Waals surface area (Å²) in [6, 6.07) is 9.74. The highest BCUT2D eigenvalue weighted by Crippen LogP contribution is 2.23. The minimum Gasteiger partial charge on any atom is -0.496 e. The average Bonchev–Trinajstić information content (AvgIpc) is 3.13. The van der Waals surface area contributed by atoms with E-state index in [2.05, 4.69) is 31.6 Å². The van der Waals surface area contributed by atoms with Crippen molar-refractivity contribution in [3.63, 3.8) is 0 Å². The molecule has 0 bridgehead atoms. The summed E-state index contributed by atoms with van der Waals surface area (Å²) in [5.74, 6) is 2.49. The van der Waals surface area contributed by atoms with Crippen LogP contribution in [0.15, 0.2) is 50.5 Å². The summed E-state index contributed by atoms with van der Waals surface area (Å²) in [5, 5.41) is 6.56. The molecule has 1 aromatic heterocycles. The topological polar surface area (TPSA) is 68.0 Å². The van der Waals surface area contributed by atoms with Crippen LogP contribution in [-0.2, 0) is 17.7 Å². The SMILES string of the molecule is COCCNC(=NCc1cc(Br)ccc1OC)NCCc1ccco1.I. The highest BCUT2D eigenvalue weighted by molar-refractivity contribution is 14.0. The predicted molar refractivity (Wildman–Crippen MR) is 118 cm³/mol. The van der Waals surface area contributed by atoms with Crippen molar-refractivity contribution < 1.29 is 13.9 Å². The van der Waals surface area contributed by atoms with Gasteiger partial charge in [0.05, 0.1) is 26.5 Å². The Hall–Kier alpha value is -1.26. The standard InChI is InChI=1S/C18H24BrN3O3.HI/c1-23-11-9-21-18(20-8-7-16-4-3-10-25-16)22-13-14-12-15(19)5-6-17(14)24-2;/h3-6,10,12H,7-9,11,13H2,1-2H3,(H2,20,21,22);1H. The Morgan fingerprint density at radius 2 is 2.00 bits per heavy atom. The van der Waals surface area contributed by atoms with E-state index >= 15 is 0 Å². The maximum Gasteiger partial charge on any atom is 0.191 e. The number of hydrogen-bond donors (Lipinski definition) is 2. The first-order valence-corrected chi connectivity index (χ1v) is 8.88. The Bertz CT molecular complexity index is 666. The predicted octanol–water partition coefficient (Wildman–Crippen LogP) is 3.59. The van der Waals surface area contributed by atoms with Gasteiger partial charge in [-0.25, -0.2) is 4.99 Å². The number of furan rings is 1. The molecule has 0 radical (unpaired) electrons. The second-order valence-corrected chi connectivity index (χ2v) is 6.21. The van der Waals surface area contributed by atoms with E-state index < -0.39 is 0 Å². The van der Waals surface area contributed by atoms with E-state index in [4.69, 9.17) is 13.9 Å². The van der Waals surface area contributed by atoms with Crippen molar-refractivity contribution in [3.05, 3.63) is 52.4 Å². The average molecular weight is 538 g/mol. The third-order valence-electron chi connectivity index (χ3n) is 3.49. The summed E-state index contributed by atoms with van der Waals surface area (Å²) in [6.07, 6.45) is 2.47. The smallest absolute Gasteiger partial charge is 0.191 e. The van der Waals surface area contributed by atoms with Gasteiger partial charge < -0.3 is 24.5 Å². The van der Waals surface area contributed by atoms with Crippen LogP contribution in [0.4, 0.5) is 0 Å². The maximum atomic E-state index is 5.40. The molecule has 6 nitrogen and oxygen atoms in total. The third-order valence-corrected chi connectivity index (χ3v) is 3.99. The van der Waals surface area contributed by atoms with Crippen molar-refractivity contribution in [2.75, 3.05) is 33.9 Å². The zero-order valence-corrected chi connectivity index (χ0v) is 18.9. The fourth-order valence-corrected chi connectivity index (χ4v) is 2.65. The molecule has 2 N–H and O–H groups in total. The third kappa shape index (κ3) is 7.96. The number of nitrogens with zero attached hydrogens (tertiary/aromatic N) is 1. The Balaban J connectivity index is 0.00000338. The van der Waals surface area contributed by atoms with E-state index in [1.807, 2.05) is 30.3 Å². The molecule has 0 aliphatic rings. The minimum atomic E-state index is 0. The summed E-state index contributed by atoms with van der Waals surface area (Å²) in [6.45, 7) is 2.52. The largest absolute Gasteiger partial charge is 0.496 e. The number of aliphatic imine (C=N–C) groups is 1. The van der Waals surface area contributed by atoms with E-state index in [9.17, 15) is 0 Å². The number of guanidine groups is 1. The van der Waals surface area contributed by atoms with Crippen molar-refractivity contribution in [2.45, 2.75) is 13.0 Å². The Kier molecular flexibility index (Phi) is 11.4. The van der Waals surface area contributed by atoms with Crippen LogP contribution in [0.1, 0.15) is 11.3 Å². The first-order valence-electron chi connectivity index (χ1n) is 8.09. The molecule has 0 aliphatic carbocycles. The Morgan fingerprint density at radius 3 is 2.69 bits per heavy atom. The van der Waals surface area contributed by atoms with Gasteiger partial charge in [-0.3, -0.25) is 0 Å². The summed E-state index contributed by atoms with van der Waals surface area (Å²) >= 11 is 3.49. The van der Waals surface area contributed by atoms with Gasteiger partial charge in [0, 0.05) is 36.7 Å². The van der Waals surface area contributed by atoms with Crippen LogP contribution in [0.5, 0.6) is 5.75 Å². The van der Waals surface area contributed by atoms with E-state index in [-0.39, 0.29) is 24.0 Å². The lowest BCUT2D eigenvalue weighted by molar-refractivity contribution is 0.203. The molecule has 0 aliphatic heterocycles. The lowest BCUT2D eigenvalue weighted by atomic mass is 10.2. The number of benzene rings is 1. The normalized spacial score (nSPS) is 11.0. The highest BCUT2D eigenvalue weighted by Gasteiger charge is 2.05. The maximum absolute atomic E-state index is 5.40. The number of ether oxygens (including phenoxy) is 2. The quantitative estimate of drug-likeness (QED) is 0.221. The molecule has 8 heteroatoms. The molecular formula is C18H25BrIN3O3. The van der Waals surface area contributed by atoms with Gasteiger partial charge in [-0.1, -0.05) is 15.9 Å². The number of rotatable bonds is 9. The molecular weight excluding hydrogens is 513 g/mol. The Labute approximate surface area is 179 Å². The van der Waals surface area contributed by atoms with E-state index in [0.717, 1.165) is 40.5 Å². The summed E-state index contributed by atoms with van der Waals surface area (Å²) < 4.78 is 16.8. The molecule has 0 unspecified atom stereocenters. The number of hydrogen-bond acceptors (Lipinski definition) is 4. The van der Waals surface area contributed by atoms with Gasteiger partial charge in [-0.2, -0.15) is 0 Å². The van der Waals surface area contributed by atoms with Crippen molar-refractivity contribution in [1.29, 1.82) is 0 Å². The van der Waals surface area contributed by atoms with E-state index in [1.54, 1.807) is 20.5 Å². The zero-order valence-electron chi connectivity index (χ0n) is 15.0. The van der Waals surface area contributed by atoms with Crippen LogP contribution in [0.2, 0.25) is 0 Å². The fraction of sp³-hybridized carbons (Fsp3) is 0.389. The zero-order chi connectivity index (χ0) is 17.9. The van der Waals surface area contributed by atoms with Crippen LogP contribution in [0, 0.1) is 0 Å². The highest BCUT2D eigenvalue weighted by atomic mass is 127. The molecule has 26 heavy (non-hydrogen) atoms. The van der Waals surface area contributed by atoms with Crippen molar-refractivity contribution in [3.8, 4) is 5.75 Å². The molecule has 0 spiro atoms. The van der Waals surface area contributed by atoms with Gasteiger partial charge in [0.25, 0.3) is 0 Å². The molecule has 1 aromatic carbocycles. The lowest BCUT2D eigenvalue weighted by Crippen LogP contribution is -2.40. The summed E-state index contributed by atoms with van der Waals surface area (Å²) in [7, 11) is 3.34. The van der Waals surface area contributed by atoms with Gasteiger partial charge in [-0.05, 0) is 30.3 Å². The monoisotopic (exact) mass is 537 g/mol. The first-order chi connectivity index (χ1) is 12.2. The van der Waals surface area contributed by atoms with Crippen LogP contribution in [-0.4, -0.2) is 39.9 Å². The fourth-order valence-electron chi connectivity index (χ4n) is 2.24. The number of halogens is 2. The van der Waals surface area contributed by atoms with Crippen LogP contribution >= 0.6 is 39.9 Å². The second kappa shape index (κ2) is 13.0. The van der Waals surface area contributed by atoms with E-state index in [0.29, 0.717) is 19.7 Å². The minimum absolute atomic E-state index is 0. The van der Waals surface area contributed by atoms with Crippen LogP contribution < -0.4 is 15.4 Å². The molecule has 0 amide bonds. The van der Waals surface area contributed by atoms with Gasteiger partial charge in [0.15, 0.2) is 5.96 Å². The molecule has 1 heterocycles. The Morgan fingerprint density at radius 1 is 1.19 bits per heavy atom. The summed E-state index contributed by atoms with van der Waals surface area (Å²) in [5.41, 5.74) is 1.01. The molecule has 0 atom stereocenters. The van der Waals surface area contributed by atoms with Gasteiger partial charge in [0.1, 0.15) is 11.5 Å². The van der Waals surface area contributed by atoms with Crippen molar-refractivity contribution in [1.82, 2.24) is 10.6 Å². The van der Waals surface area contributed by atoms with Crippen LogP contribution in [0.25, 0.3) is 0 Å². The van der Waals surface area contributed by atoms with Crippen molar-refractivity contribution >= 4 is 45.9 Å². The van der Waals surface area contributed by atoms with Gasteiger partial charge in [-0.15, -0.1) is 24.0 Å². The van der Waals surface area contributed by atoms with Gasteiger partial charge >= 0.3 is 0 Å². The molecule has 2 rings (SSSR count).